The second-order valence-corrected chi connectivity index (χ2v) is 6.85. The Kier molecular flexibility index (Phi) is 4.87. The summed E-state index contributed by atoms with van der Waals surface area (Å²) in [7, 11) is -3.65. The number of unbranched alkanes of at least 4 members (excludes halogenated alkanes) is 1. The number of anilines is 1. The first-order valence-electron chi connectivity index (χ1n) is 6.98. The van der Waals surface area contributed by atoms with E-state index in [2.05, 4.69) is 4.98 Å². The Morgan fingerprint density at radius 2 is 2.10 bits per heavy atom. The molecule has 0 aliphatic carbocycles. The summed E-state index contributed by atoms with van der Waals surface area (Å²) in [6.45, 7) is 2.29. The topological polar surface area (TPSA) is 99.4 Å². The summed E-state index contributed by atoms with van der Waals surface area (Å²) in [5.41, 5.74) is 6.99. The van der Waals surface area contributed by atoms with Gasteiger partial charge in [-0.1, -0.05) is 13.3 Å². The fraction of sp³-hybridized carbons (Fsp3) is 0.429. The number of fused-ring (bicyclic) bond motifs is 1. The van der Waals surface area contributed by atoms with Gasteiger partial charge in [-0.25, -0.2) is 8.42 Å². The van der Waals surface area contributed by atoms with E-state index in [9.17, 15) is 8.42 Å². The molecule has 7 heteroatoms. The number of benzene rings is 1. The Morgan fingerprint density at radius 3 is 2.76 bits per heavy atom. The number of aromatic nitrogens is 1. The van der Waals surface area contributed by atoms with Crippen molar-refractivity contribution in [2.45, 2.75) is 24.7 Å². The maximum absolute atomic E-state index is 12.8. The highest BCUT2D eigenvalue weighted by Gasteiger charge is 2.26. The monoisotopic (exact) mass is 311 g/mol. The number of H-pyrrole nitrogens is 1. The molecule has 1 heterocycles. The lowest BCUT2D eigenvalue weighted by Crippen LogP contribution is -2.34. The minimum Gasteiger partial charge on any atom is -0.399 e. The molecule has 0 spiro atoms. The summed E-state index contributed by atoms with van der Waals surface area (Å²) in [4.78, 5) is 3.15. The Labute approximate surface area is 124 Å². The van der Waals surface area contributed by atoms with Crippen LogP contribution in [0.1, 0.15) is 19.8 Å². The van der Waals surface area contributed by atoms with E-state index >= 15 is 0 Å². The number of nitrogens with two attached hydrogens (primary N) is 1. The number of aromatic amines is 1. The summed E-state index contributed by atoms with van der Waals surface area (Å²) in [6.07, 6.45) is 3.12. The molecule has 0 aliphatic rings. The molecule has 0 radical (unpaired) electrons. The lowest BCUT2D eigenvalue weighted by Gasteiger charge is -2.20. The maximum atomic E-state index is 12.8. The number of nitrogen functional groups attached to an aromatic ring is 1. The van der Waals surface area contributed by atoms with Crippen LogP contribution in [0.5, 0.6) is 0 Å². The van der Waals surface area contributed by atoms with Crippen LogP contribution in [0.4, 0.5) is 5.69 Å². The first kappa shape index (κ1) is 15.8. The average molecular weight is 311 g/mol. The molecule has 0 saturated heterocycles. The van der Waals surface area contributed by atoms with Gasteiger partial charge in [-0.3, -0.25) is 0 Å². The molecule has 116 valence electrons. The SMILES string of the molecule is CCCCN(CCO)S(=O)(=O)c1c[nH]c2ccc(N)cc12. The molecule has 21 heavy (non-hydrogen) atoms. The predicted molar refractivity (Wildman–Crippen MR) is 83.5 cm³/mol. The van der Waals surface area contributed by atoms with Crippen LogP contribution >= 0.6 is 0 Å². The second-order valence-electron chi connectivity index (χ2n) is 4.94. The Balaban J connectivity index is 2.46. The molecule has 1 aromatic carbocycles. The van der Waals surface area contributed by atoms with Crippen LogP contribution in [0.3, 0.4) is 0 Å². The lowest BCUT2D eigenvalue weighted by molar-refractivity contribution is 0.252. The van der Waals surface area contributed by atoms with Crippen molar-refractivity contribution >= 4 is 26.6 Å². The molecule has 0 aliphatic heterocycles. The van der Waals surface area contributed by atoms with Gasteiger partial charge in [0.05, 0.1) is 6.61 Å². The standard InChI is InChI=1S/C14H21N3O3S/c1-2-3-6-17(7-8-18)21(19,20)14-10-16-13-5-4-11(15)9-12(13)14/h4-5,9-10,16,18H,2-3,6-8,15H2,1H3. The van der Waals surface area contributed by atoms with Gasteiger partial charge in [0.1, 0.15) is 4.90 Å². The van der Waals surface area contributed by atoms with Crippen LogP contribution in [0.2, 0.25) is 0 Å². The van der Waals surface area contributed by atoms with Gasteiger partial charge in [-0.2, -0.15) is 4.31 Å². The zero-order chi connectivity index (χ0) is 15.5. The number of hydrogen-bond donors (Lipinski definition) is 3. The van der Waals surface area contributed by atoms with Gasteiger partial charge in [0, 0.05) is 35.9 Å². The molecule has 0 saturated carbocycles. The minimum absolute atomic E-state index is 0.0946. The molecule has 0 unspecified atom stereocenters. The molecular formula is C14H21N3O3S. The molecule has 1 aromatic heterocycles. The summed E-state index contributed by atoms with van der Waals surface area (Å²) < 4.78 is 26.9. The van der Waals surface area contributed by atoms with E-state index in [1.807, 2.05) is 6.92 Å². The molecule has 0 atom stereocenters. The van der Waals surface area contributed by atoms with Crippen molar-refractivity contribution in [3.05, 3.63) is 24.4 Å². The van der Waals surface area contributed by atoms with Crippen LogP contribution in [0.15, 0.2) is 29.3 Å². The zero-order valence-corrected chi connectivity index (χ0v) is 12.9. The number of nitrogens with one attached hydrogen (secondary N) is 1. The molecule has 2 aromatic rings. The van der Waals surface area contributed by atoms with Crippen molar-refractivity contribution in [3.63, 3.8) is 0 Å². The van der Waals surface area contributed by atoms with Gasteiger partial charge in [0.2, 0.25) is 10.0 Å². The molecule has 0 fully saturated rings. The van der Waals surface area contributed by atoms with Crippen molar-refractivity contribution in [1.82, 2.24) is 9.29 Å². The maximum Gasteiger partial charge on any atom is 0.245 e. The highest BCUT2D eigenvalue weighted by Crippen LogP contribution is 2.27. The van der Waals surface area contributed by atoms with Gasteiger partial charge in [-0.05, 0) is 24.6 Å². The number of hydrogen-bond acceptors (Lipinski definition) is 4. The van der Waals surface area contributed by atoms with Crippen LogP contribution in [-0.4, -0.2) is 42.5 Å². The Morgan fingerprint density at radius 1 is 1.33 bits per heavy atom. The third-order valence-electron chi connectivity index (χ3n) is 3.40. The number of aliphatic hydroxyl groups excluding tert-OH is 1. The number of rotatable bonds is 7. The first-order chi connectivity index (χ1) is 10.0. The van der Waals surface area contributed by atoms with Gasteiger partial charge in [0.15, 0.2) is 0 Å². The van der Waals surface area contributed by atoms with E-state index in [1.165, 1.54) is 10.5 Å². The third kappa shape index (κ3) is 3.20. The fourth-order valence-electron chi connectivity index (χ4n) is 2.26. The molecular weight excluding hydrogens is 290 g/mol. The van der Waals surface area contributed by atoms with E-state index in [0.29, 0.717) is 17.6 Å². The smallest absolute Gasteiger partial charge is 0.245 e. The van der Waals surface area contributed by atoms with E-state index in [0.717, 1.165) is 18.4 Å². The van der Waals surface area contributed by atoms with E-state index in [-0.39, 0.29) is 18.0 Å². The number of aliphatic hydroxyl groups is 1. The van der Waals surface area contributed by atoms with Crippen molar-refractivity contribution in [2.75, 3.05) is 25.4 Å². The quantitative estimate of drug-likeness (QED) is 0.675. The van der Waals surface area contributed by atoms with Crippen molar-refractivity contribution in [2.24, 2.45) is 0 Å². The van der Waals surface area contributed by atoms with Crippen molar-refractivity contribution in [3.8, 4) is 0 Å². The minimum atomic E-state index is -3.65. The Bertz CT molecular complexity index is 709. The zero-order valence-electron chi connectivity index (χ0n) is 12.0. The molecule has 0 amide bonds. The van der Waals surface area contributed by atoms with Crippen LogP contribution in [0, 0.1) is 0 Å². The van der Waals surface area contributed by atoms with Gasteiger partial charge >= 0.3 is 0 Å². The summed E-state index contributed by atoms with van der Waals surface area (Å²) in [5.74, 6) is 0. The Hall–Kier alpha value is -1.57. The molecule has 4 N–H and O–H groups in total. The normalized spacial score (nSPS) is 12.3. The number of nitrogens with zero attached hydrogens (tertiary/aromatic N) is 1. The second kappa shape index (κ2) is 6.46. The molecule has 2 rings (SSSR count). The van der Waals surface area contributed by atoms with Crippen molar-refractivity contribution in [1.29, 1.82) is 0 Å². The highest BCUT2D eigenvalue weighted by molar-refractivity contribution is 7.89. The third-order valence-corrected chi connectivity index (χ3v) is 5.33. The van der Waals surface area contributed by atoms with Crippen molar-refractivity contribution < 1.29 is 13.5 Å². The predicted octanol–water partition coefficient (Wildman–Crippen LogP) is 1.53. The largest absolute Gasteiger partial charge is 0.399 e. The summed E-state index contributed by atoms with van der Waals surface area (Å²) in [6, 6.07) is 5.12. The van der Waals surface area contributed by atoms with Crippen LogP contribution < -0.4 is 5.73 Å². The van der Waals surface area contributed by atoms with Gasteiger partial charge in [0.25, 0.3) is 0 Å². The van der Waals surface area contributed by atoms with Gasteiger partial charge in [-0.15, -0.1) is 0 Å². The van der Waals surface area contributed by atoms with Gasteiger partial charge < -0.3 is 15.8 Å². The lowest BCUT2D eigenvalue weighted by atomic mass is 10.2. The van der Waals surface area contributed by atoms with Crippen LogP contribution in [0.25, 0.3) is 10.9 Å². The van der Waals surface area contributed by atoms with E-state index in [4.69, 9.17) is 10.8 Å². The first-order valence-corrected chi connectivity index (χ1v) is 8.42. The average Bonchev–Trinajstić information content (AvgIpc) is 2.86. The molecule has 0 bridgehead atoms. The summed E-state index contributed by atoms with van der Waals surface area (Å²) >= 11 is 0. The fourth-order valence-corrected chi connectivity index (χ4v) is 3.89. The van der Waals surface area contributed by atoms with Crippen LogP contribution in [-0.2, 0) is 10.0 Å². The van der Waals surface area contributed by atoms with E-state index < -0.39 is 10.0 Å². The summed E-state index contributed by atoms with van der Waals surface area (Å²) in [5, 5.41) is 9.70. The van der Waals surface area contributed by atoms with E-state index in [1.54, 1.807) is 18.2 Å². The number of sulfonamides is 1. The highest BCUT2D eigenvalue weighted by atomic mass is 32.2. The molecule has 6 nitrogen and oxygen atoms in total.